The number of guanidine groups is 1. The Labute approximate surface area is 182 Å². The van der Waals surface area contributed by atoms with Crippen molar-refractivity contribution in [1.82, 2.24) is 15.5 Å². The van der Waals surface area contributed by atoms with Gasteiger partial charge in [-0.25, -0.2) is 0 Å². The average molecular weight is 494 g/mol. The molecule has 1 heterocycles. The maximum atomic E-state index is 12.0. The minimum absolute atomic E-state index is 0. The molecule has 0 aromatic rings. The largest absolute Gasteiger partial charge is 0.385 e. The molecule has 1 aliphatic heterocycles. The maximum Gasteiger partial charge on any atom is 0.222 e. The molecular weight excluding hydrogens is 455 g/mol. The predicted molar refractivity (Wildman–Crippen MR) is 122 cm³/mol. The van der Waals surface area contributed by atoms with Crippen LogP contribution < -0.4 is 10.6 Å². The van der Waals surface area contributed by atoms with E-state index in [4.69, 9.17) is 4.74 Å². The first kappa shape index (κ1) is 24.5. The smallest absolute Gasteiger partial charge is 0.222 e. The standard InChI is InChI=1S/C20H38N4O2.HI/c1-4-17(24-14-7-8-18(24)25)9-13-22-19(21-2)23-16-20(12-15-26-3)10-5-6-11-20;/h17H,4-16H2,1-3H3,(H2,21,22,23);1H. The van der Waals surface area contributed by atoms with Crippen LogP contribution >= 0.6 is 24.0 Å². The molecule has 1 saturated carbocycles. The van der Waals surface area contributed by atoms with Crippen molar-refractivity contribution in [2.45, 2.75) is 70.8 Å². The van der Waals surface area contributed by atoms with E-state index in [1.807, 2.05) is 7.05 Å². The summed E-state index contributed by atoms with van der Waals surface area (Å²) in [6.45, 7) is 5.72. The topological polar surface area (TPSA) is 66.0 Å². The van der Waals surface area contributed by atoms with Gasteiger partial charge in [0.25, 0.3) is 0 Å². The zero-order chi connectivity index (χ0) is 18.8. The van der Waals surface area contributed by atoms with Crippen molar-refractivity contribution >= 4 is 35.8 Å². The highest BCUT2D eigenvalue weighted by Gasteiger charge is 2.33. The summed E-state index contributed by atoms with van der Waals surface area (Å²) in [5.74, 6) is 1.19. The molecule has 6 nitrogen and oxygen atoms in total. The van der Waals surface area contributed by atoms with Gasteiger partial charge in [-0.3, -0.25) is 9.79 Å². The van der Waals surface area contributed by atoms with E-state index in [0.717, 1.165) is 64.3 Å². The molecule has 0 radical (unpaired) electrons. The van der Waals surface area contributed by atoms with E-state index in [2.05, 4.69) is 27.4 Å². The summed E-state index contributed by atoms with van der Waals surface area (Å²) in [4.78, 5) is 18.4. The number of rotatable bonds is 10. The number of ether oxygens (including phenoxy) is 1. The van der Waals surface area contributed by atoms with Crippen molar-refractivity contribution in [3.63, 3.8) is 0 Å². The van der Waals surface area contributed by atoms with Gasteiger partial charge in [0.1, 0.15) is 0 Å². The van der Waals surface area contributed by atoms with Crippen molar-refractivity contribution < 1.29 is 9.53 Å². The summed E-state index contributed by atoms with van der Waals surface area (Å²) < 4.78 is 5.32. The minimum Gasteiger partial charge on any atom is -0.385 e. The Kier molecular flexibility index (Phi) is 11.6. The summed E-state index contributed by atoms with van der Waals surface area (Å²) >= 11 is 0. The van der Waals surface area contributed by atoms with E-state index >= 15 is 0 Å². The molecule has 0 aromatic heterocycles. The Balaban J connectivity index is 0.00000364. The van der Waals surface area contributed by atoms with E-state index in [1.165, 1.54) is 25.7 Å². The van der Waals surface area contributed by atoms with E-state index < -0.39 is 0 Å². The van der Waals surface area contributed by atoms with Crippen molar-refractivity contribution in [3.8, 4) is 0 Å². The van der Waals surface area contributed by atoms with Crippen LogP contribution in [0, 0.1) is 5.41 Å². The number of carbonyl (C=O) groups excluding carboxylic acids is 1. The SMILES string of the molecule is CCC(CCNC(=NC)NCC1(CCOC)CCCC1)N1CCCC1=O.I. The molecule has 7 heteroatoms. The first-order valence-corrected chi connectivity index (χ1v) is 10.4. The number of nitrogens with zero attached hydrogens (tertiary/aromatic N) is 2. The molecule has 1 atom stereocenters. The number of hydrogen-bond acceptors (Lipinski definition) is 3. The fourth-order valence-corrected chi connectivity index (χ4v) is 4.44. The van der Waals surface area contributed by atoms with Gasteiger partial charge in [0, 0.05) is 52.9 Å². The second-order valence-corrected chi connectivity index (χ2v) is 7.84. The molecule has 2 fully saturated rings. The second kappa shape index (κ2) is 12.8. The third-order valence-electron chi connectivity index (χ3n) is 6.15. The van der Waals surface area contributed by atoms with E-state index in [0.29, 0.717) is 17.4 Å². The van der Waals surface area contributed by atoms with Gasteiger partial charge < -0.3 is 20.3 Å². The molecule has 2 N–H and O–H groups in total. The lowest BCUT2D eigenvalue weighted by molar-refractivity contribution is -0.129. The van der Waals surface area contributed by atoms with Crippen LogP contribution in [-0.4, -0.2) is 63.2 Å². The van der Waals surface area contributed by atoms with Crippen molar-refractivity contribution in [2.75, 3.05) is 40.4 Å². The number of hydrogen-bond donors (Lipinski definition) is 2. The Morgan fingerprint density at radius 2 is 2.04 bits per heavy atom. The van der Waals surface area contributed by atoms with Gasteiger partial charge in [0.2, 0.25) is 5.91 Å². The number of amides is 1. The third-order valence-corrected chi connectivity index (χ3v) is 6.15. The molecule has 0 aromatic carbocycles. The molecule has 0 spiro atoms. The Morgan fingerprint density at radius 1 is 1.30 bits per heavy atom. The Hall–Kier alpha value is -0.570. The van der Waals surface area contributed by atoms with Gasteiger partial charge >= 0.3 is 0 Å². The molecule has 158 valence electrons. The van der Waals surface area contributed by atoms with Crippen LogP contribution in [0.5, 0.6) is 0 Å². The highest BCUT2D eigenvalue weighted by atomic mass is 127. The first-order chi connectivity index (χ1) is 12.6. The van der Waals surface area contributed by atoms with Crippen LogP contribution in [-0.2, 0) is 9.53 Å². The number of carbonyl (C=O) groups is 1. The van der Waals surface area contributed by atoms with E-state index in [-0.39, 0.29) is 24.0 Å². The molecule has 1 unspecified atom stereocenters. The zero-order valence-corrected chi connectivity index (χ0v) is 19.7. The number of methoxy groups -OCH3 is 1. The third kappa shape index (κ3) is 7.40. The first-order valence-electron chi connectivity index (χ1n) is 10.4. The normalized spacial score (nSPS) is 20.5. The zero-order valence-electron chi connectivity index (χ0n) is 17.4. The Morgan fingerprint density at radius 3 is 2.59 bits per heavy atom. The molecule has 2 aliphatic rings. The highest BCUT2D eigenvalue weighted by Crippen LogP contribution is 2.40. The number of halogens is 1. The molecule has 1 amide bonds. The average Bonchev–Trinajstić information content (AvgIpc) is 3.29. The number of likely N-dealkylation sites (tertiary alicyclic amines) is 1. The van der Waals surface area contributed by atoms with Crippen LogP contribution in [0.15, 0.2) is 4.99 Å². The van der Waals surface area contributed by atoms with Crippen LogP contribution in [0.3, 0.4) is 0 Å². The fraction of sp³-hybridized carbons (Fsp3) is 0.900. The molecule has 0 bridgehead atoms. The summed E-state index contributed by atoms with van der Waals surface area (Å²) in [7, 11) is 3.61. The summed E-state index contributed by atoms with van der Waals surface area (Å²) in [5, 5.41) is 6.97. The van der Waals surface area contributed by atoms with Gasteiger partial charge in [-0.2, -0.15) is 0 Å². The van der Waals surface area contributed by atoms with E-state index in [1.54, 1.807) is 7.11 Å². The monoisotopic (exact) mass is 494 g/mol. The van der Waals surface area contributed by atoms with Crippen LogP contribution in [0.2, 0.25) is 0 Å². The minimum atomic E-state index is 0. The number of aliphatic imine (C=N–C) groups is 1. The van der Waals surface area contributed by atoms with Crippen molar-refractivity contribution in [2.24, 2.45) is 10.4 Å². The lowest BCUT2D eigenvalue weighted by atomic mass is 9.83. The van der Waals surface area contributed by atoms with Crippen molar-refractivity contribution in [3.05, 3.63) is 0 Å². The Bertz CT molecular complexity index is 467. The lowest BCUT2D eigenvalue weighted by Gasteiger charge is -2.30. The van der Waals surface area contributed by atoms with E-state index in [9.17, 15) is 4.79 Å². The summed E-state index contributed by atoms with van der Waals surface area (Å²) in [5.41, 5.74) is 0.349. The predicted octanol–water partition coefficient (Wildman–Crippen LogP) is 3.16. The highest BCUT2D eigenvalue weighted by molar-refractivity contribution is 14.0. The molecule has 2 rings (SSSR count). The van der Waals surface area contributed by atoms with Crippen LogP contribution in [0.4, 0.5) is 0 Å². The van der Waals surface area contributed by atoms with Gasteiger partial charge in [0.05, 0.1) is 0 Å². The number of nitrogens with one attached hydrogen (secondary N) is 2. The van der Waals surface area contributed by atoms with Crippen LogP contribution in [0.1, 0.15) is 64.7 Å². The second-order valence-electron chi connectivity index (χ2n) is 7.84. The molecule has 27 heavy (non-hydrogen) atoms. The van der Waals surface area contributed by atoms with Gasteiger partial charge in [-0.1, -0.05) is 19.8 Å². The summed E-state index contributed by atoms with van der Waals surface area (Å²) in [6.07, 6.45) is 10.0. The van der Waals surface area contributed by atoms with Gasteiger partial charge in [-0.15, -0.1) is 24.0 Å². The lowest BCUT2D eigenvalue weighted by Crippen LogP contribution is -2.45. The fourth-order valence-electron chi connectivity index (χ4n) is 4.44. The molecular formula is C20H39IN4O2. The maximum absolute atomic E-state index is 12.0. The van der Waals surface area contributed by atoms with Gasteiger partial charge in [-0.05, 0) is 43.9 Å². The van der Waals surface area contributed by atoms with Crippen LogP contribution in [0.25, 0.3) is 0 Å². The van der Waals surface area contributed by atoms with Gasteiger partial charge in [0.15, 0.2) is 5.96 Å². The van der Waals surface area contributed by atoms with Crippen molar-refractivity contribution in [1.29, 1.82) is 0 Å². The molecule has 1 aliphatic carbocycles. The molecule has 1 saturated heterocycles. The summed E-state index contributed by atoms with van der Waals surface area (Å²) in [6, 6.07) is 0.346. The quantitative estimate of drug-likeness (QED) is 0.278.